The second-order valence-electron chi connectivity index (χ2n) is 6.16. The molecule has 0 bridgehead atoms. The van der Waals surface area contributed by atoms with Crippen molar-refractivity contribution in [1.29, 1.82) is 0 Å². The Morgan fingerprint density at radius 3 is 2.43 bits per heavy atom. The van der Waals surface area contributed by atoms with Crippen LogP contribution in [0.4, 0.5) is 5.69 Å². The van der Waals surface area contributed by atoms with Crippen LogP contribution in [0.3, 0.4) is 0 Å². The second kappa shape index (κ2) is 9.66. The molecule has 28 heavy (non-hydrogen) atoms. The van der Waals surface area contributed by atoms with E-state index in [1.54, 1.807) is 24.3 Å². The van der Waals surface area contributed by atoms with E-state index in [1.165, 1.54) is 0 Å². The van der Waals surface area contributed by atoms with Gasteiger partial charge < -0.3 is 15.4 Å². The van der Waals surface area contributed by atoms with Gasteiger partial charge in [0.1, 0.15) is 5.75 Å². The van der Waals surface area contributed by atoms with Gasteiger partial charge in [0, 0.05) is 14.8 Å². The highest BCUT2D eigenvalue weighted by Crippen LogP contribution is 2.18. The number of halogens is 1. The van der Waals surface area contributed by atoms with Gasteiger partial charge in [0.05, 0.1) is 6.04 Å². The molecule has 0 aliphatic rings. The lowest BCUT2D eigenvalue weighted by Crippen LogP contribution is -2.29. The van der Waals surface area contributed by atoms with E-state index >= 15 is 0 Å². The highest BCUT2D eigenvalue weighted by molar-refractivity contribution is 14.1. The molecule has 0 aliphatic carbocycles. The van der Waals surface area contributed by atoms with E-state index < -0.39 is 0 Å². The van der Waals surface area contributed by atoms with Crippen LogP contribution in [-0.2, 0) is 0 Å². The lowest BCUT2D eigenvalue weighted by atomic mass is 10.1. The zero-order chi connectivity index (χ0) is 19.9. The van der Waals surface area contributed by atoms with Crippen LogP contribution in [0.15, 0.2) is 78.9 Å². The average Bonchev–Trinajstić information content (AvgIpc) is 2.70. The van der Waals surface area contributed by atoms with Crippen molar-refractivity contribution >= 4 is 51.6 Å². The fraction of sp³-hybridized carbons (Fsp3) is 0.0909. The number of amides is 1. The molecule has 0 radical (unpaired) electrons. The van der Waals surface area contributed by atoms with Crippen molar-refractivity contribution in [2.45, 2.75) is 13.0 Å². The molecule has 3 rings (SSSR count). The molecule has 0 fully saturated rings. The van der Waals surface area contributed by atoms with Crippen LogP contribution in [0, 0.1) is 3.57 Å². The molecular formula is C22H19IN2O2S. The molecule has 142 valence electrons. The second-order valence-corrected chi connectivity index (χ2v) is 7.77. The topological polar surface area (TPSA) is 50.4 Å². The van der Waals surface area contributed by atoms with Crippen LogP contribution in [0.25, 0.3) is 0 Å². The quantitative estimate of drug-likeness (QED) is 0.355. The molecule has 4 nitrogen and oxygen atoms in total. The van der Waals surface area contributed by atoms with Crippen LogP contribution in [0.2, 0.25) is 0 Å². The molecule has 0 saturated heterocycles. The van der Waals surface area contributed by atoms with Gasteiger partial charge in [-0.05, 0) is 89.8 Å². The summed E-state index contributed by atoms with van der Waals surface area (Å²) in [6.07, 6.45) is 0. The summed E-state index contributed by atoms with van der Waals surface area (Å²) in [4.78, 5) is 12.5. The number of anilines is 1. The first kappa shape index (κ1) is 20.3. The van der Waals surface area contributed by atoms with Gasteiger partial charge in [0.25, 0.3) is 11.1 Å². The van der Waals surface area contributed by atoms with E-state index in [2.05, 4.69) is 33.2 Å². The Hall–Kier alpha value is -2.45. The Kier molecular flexibility index (Phi) is 7.00. The summed E-state index contributed by atoms with van der Waals surface area (Å²) in [5.41, 5.74) is 2.35. The third-order valence-electron chi connectivity index (χ3n) is 4.04. The number of carbonyl (C=O) groups is 1. The smallest absolute Gasteiger partial charge is 0.262 e. The Labute approximate surface area is 183 Å². The van der Waals surface area contributed by atoms with E-state index in [0.717, 1.165) is 14.8 Å². The summed E-state index contributed by atoms with van der Waals surface area (Å²) in [5, 5.41) is 6.28. The zero-order valence-corrected chi connectivity index (χ0v) is 18.2. The van der Waals surface area contributed by atoms with Crippen LogP contribution in [-0.4, -0.2) is 11.1 Å². The monoisotopic (exact) mass is 502 g/mol. The highest BCUT2D eigenvalue weighted by atomic mass is 127. The van der Waals surface area contributed by atoms with E-state index in [0.29, 0.717) is 11.3 Å². The van der Waals surface area contributed by atoms with E-state index in [4.69, 9.17) is 17.0 Å². The van der Waals surface area contributed by atoms with Gasteiger partial charge in [-0.1, -0.05) is 36.4 Å². The maximum absolute atomic E-state index is 12.5. The van der Waals surface area contributed by atoms with Crippen molar-refractivity contribution in [3.05, 3.63) is 93.6 Å². The molecule has 0 spiro atoms. The molecule has 0 saturated carbocycles. The molecular weight excluding hydrogens is 483 g/mol. The first-order valence-electron chi connectivity index (χ1n) is 8.71. The zero-order valence-electron chi connectivity index (χ0n) is 15.2. The molecule has 3 aromatic carbocycles. The summed E-state index contributed by atoms with van der Waals surface area (Å²) in [6, 6.07) is 24.5. The number of rotatable bonds is 5. The standard InChI is InChI=1S/C22H19IN2O2S/c1-15(16-6-3-2-4-7-16)24-22(28)27-20-9-5-8-17(14-20)21(26)25-19-12-10-18(23)11-13-19/h2-15H,1H3,(H,24,28)(H,25,26). The minimum absolute atomic E-state index is 0.0149. The third kappa shape index (κ3) is 5.77. The number of ether oxygens (including phenoxy) is 1. The number of benzene rings is 3. The molecule has 1 amide bonds. The van der Waals surface area contributed by atoms with E-state index in [1.807, 2.05) is 61.5 Å². The van der Waals surface area contributed by atoms with Crippen molar-refractivity contribution in [2.24, 2.45) is 0 Å². The molecule has 0 aromatic heterocycles. The van der Waals surface area contributed by atoms with E-state index in [-0.39, 0.29) is 17.1 Å². The predicted molar refractivity (Wildman–Crippen MR) is 125 cm³/mol. The summed E-state index contributed by atoms with van der Waals surface area (Å²) in [6.45, 7) is 2.01. The molecule has 0 heterocycles. The average molecular weight is 502 g/mol. The molecule has 1 unspecified atom stereocenters. The van der Waals surface area contributed by atoms with Crippen molar-refractivity contribution in [3.63, 3.8) is 0 Å². The van der Waals surface area contributed by atoms with Gasteiger partial charge in [0.15, 0.2) is 0 Å². The number of hydrogen-bond acceptors (Lipinski definition) is 3. The molecule has 0 aliphatic heterocycles. The third-order valence-corrected chi connectivity index (χ3v) is 4.96. The highest BCUT2D eigenvalue weighted by Gasteiger charge is 2.11. The Bertz CT molecular complexity index is 962. The fourth-order valence-corrected chi connectivity index (χ4v) is 3.21. The van der Waals surface area contributed by atoms with Gasteiger partial charge in [-0.2, -0.15) is 0 Å². The Morgan fingerprint density at radius 1 is 1.00 bits per heavy atom. The normalized spacial score (nSPS) is 11.4. The van der Waals surface area contributed by atoms with Crippen LogP contribution in [0.5, 0.6) is 5.75 Å². The van der Waals surface area contributed by atoms with Gasteiger partial charge in [0.2, 0.25) is 0 Å². The van der Waals surface area contributed by atoms with Crippen molar-refractivity contribution in [2.75, 3.05) is 5.32 Å². The molecule has 1 atom stereocenters. The maximum atomic E-state index is 12.5. The lowest BCUT2D eigenvalue weighted by molar-refractivity contribution is 0.102. The fourth-order valence-electron chi connectivity index (χ4n) is 2.58. The maximum Gasteiger partial charge on any atom is 0.262 e. The van der Waals surface area contributed by atoms with Crippen molar-refractivity contribution in [1.82, 2.24) is 5.32 Å². The number of carbonyl (C=O) groups excluding carboxylic acids is 1. The Morgan fingerprint density at radius 2 is 1.71 bits per heavy atom. The van der Waals surface area contributed by atoms with Gasteiger partial charge in [-0.25, -0.2) is 0 Å². The van der Waals surface area contributed by atoms with Crippen LogP contribution < -0.4 is 15.4 Å². The molecule has 3 aromatic rings. The summed E-state index contributed by atoms with van der Waals surface area (Å²) in [5.74, 6) is 0.302. The summed E-state index contributed by atoms with van der Waals surface area (Å²) < 4.78 is 6.81. The van der Waals surface area contributed by atoms with Crippen LogP contribution >= 0.6 is 34.8 Å². The number of hydrogen-bond donors (Lipinski definition) is 2. The lowest BCUT2D eigenvalue weighted by Gasteiger charge is -2.16. The van der Waals surface area contributed by atoms with Crippen molar-refractivity contribution in [3.8, 4) is 5.75 Å². The minimum atomic E-state index is -0.205. The minimum Gasteiger partial charge on any atom is -0.432 e. The number of nitrogens with one attached hydrogen (secondary N) is 2. The Balaban J connectivity index is 1.61. The van der Waals surface area contributed by atoms with Crippen molar-refractivity contribution < 1.29 is 9.53 Å². The molecule has 2 N–H and O–H groups in total. The van der Waals surface area contributed by atoms with Gasteiger partial charge in [-0.3, -0.25) is 4.79 Å². The molecule has 6 heteroatoms. The van der Waals surface area contributed by atoms with Gasteiger partial charge >= 0.3 is 0 Å². The SMILES string of the molecule is CC(NC(=S)Oc1cccc(C(=O)Nc2ccc(I)cc2)c1)c1ccccc1. The summed E-state index contributed by atoms with van der Waals surface area (Å²) >= 11 is 7.53. The largest absolute Gasteiger partial charge is 0.432 e. The van der Waals surface area contributed by atoms with E-state index in [9.17, 15) is 4.79 Å². The predicted octanol–water partition coefficient (Wildman–Crippen LogP) is 5.56. The van der Waals surface area contributed by atoms with Gasteiger partial charge in [-0.15, -0.1) is 0 Å². The summed E-state index contributed by atoms with van der Waals surface area (Å²) in [7, 11) is 0. The number of thiocarbonyl (C=S) groups is 1. The van der Waals surface area contributed by atoms with Crippen LogP contribution in [0.1, 0.15) is 28.9 Å². The first-order chi connectivity index (χ1) is 13.5. The first-order valence-corrected chi connectivity index (χ1v) is 10.2.